The quantitative estimate of drug-likeness (QED) is 0.321. The number of hydrogen-bond donors (Lipinski definition) is 2. The maximum Gasteiger partial charge on any atom is 0.261 e. The molecule has 0 unspecified atom stereocenters. The second-order valence-electron chi connectivity index (χ2n) is 13.4. The number of nitrogens with one attached hydrogen (secondary N) is 2. The highest BCUT2D eigenvalue weighted by atomic mass is 19.1. The molecule has 224 valence electrons. The summed E-state index contributed by atoms with van der Waals surface area (Å²) in [5.74, 6) is 1.69. The lowest BCUT2D eigenvalue weighted by Gasteiger charge is -2.62. The van der Waals surface area contributed by atoms with Crippen molar-refractivity contribution in [2.75, 3.05) is 13.1 Å². The van der Waals surface area contributed by atoms with Gasteiger partial charge in [-0.2, -0.15) is 0 Å². The van der Waals surface area contributed by atoms with Gasteiger partial charge in [-0.05, 0) is 86.1 Å². The van der Waals surface area contributed by atoms with Crippen LogP contribution in [-0.2, 0) is 13.0 Å². The Balaban J connectivity index is 1.26. The summed E-state index contributed by atoms with van der Waals surface area (Å²) in [6, 6.07) is 10.1. The largest absolute Gasteiger partial charge is 0.353 e. The van der Waals surface area contributed by atoms with E-state index in [1.807, 2.05) is 12.1 Å². The van der Waals surface area contributed by atoms with Crippen LogP contribution in [0.4, 0.5) is 14.5 Å². The number of piperazine rings is 1. The standard InChI is InChI=1S/C33H42F2N6O/c1-19-16-41(17-20(2)37-19)32(39-29-13-23-12-27(21(29)3)33(23,4)5)38-25-8-9-26-30(15-25)36-18-40(31(26)42)11-10-22-6-7-24(34)14-28(22)35/h6-9,14-15,18-21,23,27,29,37H,10-13,16-17H2,1-5H3,(H,38,39)/t19-,20+,21-,23+,27+,29+/m1/s1. The van der Waals surface area contributed by atoms with Gasteiger partial charge in [0, 0.05) is 43.8 Å². The fourth-order valence-electron chi connectivity index (χ4n) is 7.66. The summed E-state index contributed by atoms with van der Waals surface area (Å²) in [4.78, 5) is 25.3. The lowest BCUT2D eigenvalue weighted by molar-refractivity contribution is -0.112. The topological polar surface area (TPSA) is 74.5 Å². The van der Waals surface area contributed by atoms with E-state index in [2.05, 4.69) is 55.1 Å². The van der Waals surface area contributed by atoms with Crippen molar-refractivity contribution in [1.82, 2.24) is 25.1 Å². The first-order chi connectivity index (χ1) is 20.0. The highest BCUT2D eigenvalue weighted by Gasteiger charge is 2.56. The van der Waals surface area contributed by atoms with Gasteiger partial charge in [-0.1, -0.05) is 26.8 Å². The van der Waals surface area contributed by atoms with Crippen molar-refractivity contribution in [3.8, 4) is 0 Å². The number of nitrogens with zero attached hydrogens (tertiary/aromatic N) is 4. The molecule has 2 bridgehead atoms. The van der Waals surface area contributed by atoms with Crippen molar-refractivity contribution in [3.63, 3.8) is 0 Å². The van der Waals surface area contributed by atoms with E-state index in [1.54, 1.807) is 6.07 Å². The lowest BCUT2D eigenvalue weighted by Crippen LogP contribution is -2.64. The second-order valence-corrected chi connectivity index (χ2v) is 13.4. The molecule has 1 aliphatic heterocycles. The molecule has 0 radical (unpaired) electrons. The van der Waals surface area contributed by atoms with E-state index in [9.17, 15) is 13.6 Å². The number of rotatable bonds is 5. The van der Waals surface area contributed by atoms with Crippen LogP contribution in [0.15, 0.2) is 52.5 Å². The zero-order valence-corrected chi connectivity index (χ0v) is 25.2. The van der Waals surface area contributed by atoms with Crippen molar-refractivity contribution in [2.45, 2.75) is 78.6 Å². The molecule has 7 nitrogen and oxygen atoms in total. The Bertz CT molecular complexity index is 1560. The molecule has 3 aromatic rings. The first-order valence-electron chi connectivity index (χ1n) is 15.3. The Morgan fingerprint density at radius 1 is 1.10 bits per heavy atom. The van der Waals surface area contributed by atoms with Gasteiger partial charge >= 0.3 is 0 Å². The minimum absolute atomic E-state index is 0.195. The molecule has 4 fully saturated rings. The fraction of sp³-hybridized carbons (Fsp3) is 0.545. The molecule has 6 atom stereocenters. The van der Waals surface area contributed by atoms with Crippen molar-refractivity contribution in [2.24, 2.45) is 28.2 Å². The molecule has 3 aliphatic carbocycles. The molecule has 9 heteroatoms. The Hall–Kier alpha value is -3.33. The summed E-state index contributed by atoms with van der Waals surface area (Å²) in [6.45, 7) is 13.6. The van der Waals surface area contributed by atoms with E-state index >= 15 is 0 Å². The van der Waals surface area contributed by atoms with Gasteiger partial charge in [0.05, 0.1) is 22.9 Å². The molecule has 42 heavy (non-hydrogen) atoms. The number of aromatic nitrogens is 2. The molecule has 2 N–H and O–H groups in total. The molecule has 2 aromatic carbocycles. The lowest BCUT2D eigenvalue weighted by atomic mass is 9.45. The maximum absolute atomic E-state index is 14.1. The van der Waals surface area contributed by atoms with E-state index < -0.39 is 11.6 Å². The third-order valence-corrected chi connectivity index (χ3v) is 10.2. The van der Waals surface area contributed by atoms with E-state index in [1.165, 1.54) is 29.4 Å². The van der Waals surface area contributed by atoms with Crippen LogP contribution in [0.3, 0.4) is 0 Å². The Kier molecular flexibility index (Phi) is 7.58. The minimum Gasteiger partial charge on any atom is -0.353 e. The Labute approximate surface area is 246 Å². The normalized spacial score (nSPS) is 28.9. The van der Waals surface area contributed by atoms with E-state index in [4.69, 9.17) is 4.99 Å². The number of hydrogen-bond acceptors (Lipinski definition) is 4. The van der Waals surface area contributed by atoms with Gasteiger partial charge in [0.15, 0.2) is 5.96 Å². The second kappa shape index (κ2) is 11.1. The van der Waals surface area contributed by atoms with E-state index in [-0.39, 0.29) is 18.5 Å². The number of halogens is 2. The van der Waals surface area contributed by atoms with Crippen molar-refractivity contribution in [1.29, 1.82) is 0 Å². The molecule has 7 rings (SSSR count). The molecule has 1 saturated heterocycles. The van der Waals surface area contributed by atoms with Crippen LogP contribution in [0.2, 0.25) is 0 Å². The smallest absolute Gasteiger partial charge is 0.261 e. The van der Waals surface area contributed by atoms with Crippen LogP contribution in [0.25, 0.3) is 10.9 Å². The first kappa shape index (κ1) is 28.8. The molecule has 1 aromatic heterocycles. The average Bonchev–Trinajstić information content (AvgIpc) is 2.93. The van der Waals surface area contributed by atoms with Gasteiger partial charge in [0.25, 0.3) is 5.56 Å². The summed E-state index contributed by atoms with van der Waals surface area (Å²) >= 11 is 0. The summed E-state index contributed by atoms with van der Waals surface area (Å²) in [5, 5.41) is 7.98. The van der Waals surface area contributed by atoms with Gasteiger partial charge in [-0.25, -0.2) is 18.8 Å². The molecule has 2 heterocycles. The Morgan fingerprint density at radius 3 is 2.55 bits per heavy atom. The highest BCUT2D eigenvalue weighted by Crippen LogP contribution is 2.61. The Morgan fingerprint density at radius 2 is 1.86 bits per heavy atom. The number of aryl methyl sites for hydroxylation is 2. The van der Waals surface area contributed by atoms with Crippen LogP contribution >= 0.6 is 0 Å². The maximum atomic E-state index is 14.1. The molecule has 0 spiro atoms. The SMILES string of the molecule is C[C@H]1[C@@H](NC(=Nc2ccc3c(=O)n(CCc4ccc(F)cc4F)cnc3c2)N2C[C@@H](C)N[C@@H](C)C2)C[C@@H]2C[C@@H]1C2(C)C. The monoisotopic (exact) mass is 576 g/mol. The van der Waals surface area contributed by atoms with Crippen LogP contribution in [0.5, 0.6) is 0 Å². The predicted molar refractivity (Wildman–Crippen MR) is 163 cm³/mol. The molecule has 3 saturated carbocycles. The van der Waals surface area contributed by atoms with Gasteiger partial charge in [0.1, 0.15) is 11.6 Å². The molecular formula is C33H42F2N6O. The molecule has 0 amide bonds. The predicted octanol–water partition coefficient (Wildman–Crippen LogP) is 5.25. The molecule has 4 aliphatic rings. The van der Waals surface area contributed by atoms with Crippen molar-refractivity contribution in [3.05, 3.63) is 70.3 Å². The van der Waals surface area contributed by atoms with Crippen LogP contribution in [-0.4, -0.2) is 51.6 Å². The third kappa shape index (κ3) is 5.43. The summed E-state index contributed by atoms with van der Waals surface area (Å²) < 4.78 is 28.8. The van der Waals surface area contributed by atoms with Crippen LogP contribution in [0.1, 0.15) is 53.0 Å². The van der Waals surface area contributed by atoms with E-state index in [0.29, 0.717) is 45.9 Å². The van der Waals surface area contributed by atoms with Gasteiger partial charge in [-0.3, -0.25) is 9.36 Å². The summed E-state index contributed by atoms with van der Waals surface area (Å²) in [6.07, 6.45) is 4.24. The van der Waals surface area contributed by atoms with Crippen LogP contribution < -0.4 is 16.2 Å². The van der Waals surface area contributed by atoms with Crippen LogP contribution in [0, 0.1) is 34.8 Å². The highest BCUT2D eigenvalue weighted by molar-refractivity contribution is 5.86. The molecular weight excluding hydrogens is 534 g/mol. The van der Waals surface area contributed by atoms with Gasteiger partial charge in [-0.15, -0.1) is 0 Å². The number of fused-ring (bicyclic) bond motifs is 3. The summed E-state index contributed by atoms with van der Waals surface area (Å²) in [7, 11) is 0. The zero-order valence-electron chi connectivity index (χ0n) is 25.2. The van der Waals surface area contributed by atoms with Gasteiger partial charge < -0.3 is 15.5 Å². The third-order valence-electron chi connectivity index (χ3n) is 10.2. The zero-order chi connectivity index (χ0) is 29.8. The fourth-order valence-corrected chi connectivity index (χ4v) is 7.66. The number of guanidine groups is 1. The summed E-state index contributed by atoms with van der Waals surface area (Å²) in [5.41, 5.74) is 1.89. The van der Waals surface area contributed by atoms with Gasteiger partial charge in [0.2, 0.25) is 0 Å². The minimum atomic E-state index is -0.618. The van der Waals surface area contributed by atoms with E-state index in [0.717, 1.165) is 49.1 Å². The number of benzene rings is 2. The first-order valence-corrected chi connectivity index (χ1v) is 15.3. The number of aliphatic imine (C=N–C) groups is 1. The average molecular weight is 577 g/mol. The van der Waals surface area contributed by atoms with Crippen molar-refractivity contribution < 1.29 is 8.78 Å². The van der Waals surface area contributed by atoms with Crippen molar-refractivity contribution >= 4 is 22.5 Å².